The van der Waals surface area contributed by atoms with Gasteiger partial charge in [0, 0.05) is 18.0 Å². The zero-order valence-electron chi connectivity index (χ0n) is 12.8. The summed E-state index contributed by atoms with van der Waals surface area (Å²) in [6.07, 6.45) is 0.645. The second kappa shape index (κ2) is 6.09. The summed E-state index contributed by atoms with van der Waals surface area (Å²) in [5, 5.41) is 6.98. The van der Waals surface area contributed by atoms with Gasteiger partial charge in [-0.3, -0.25) is 9.71 Å². The van der Waals surface area contributed by atoms with Crippen LogP contribution in [0.5, 0.6) is 0 Å². The number of sulfonamides is 1. The van der Waals surface area contributed by atoms with E-state index in [0.29, 0.717) is 29.5 Å². The second-order valence-electron chi connectivity index (χ2n) is 5.26. The fraction of sp³-hybridized carbons (Fsp3) is 0.357. The predicted octanol–water partition coefficient (Wildman–Crippen LogP) is 0.459. The minimum Gasteiger partial charge on any atom is -0.337 e. The predicted molar refractivity (Wildman–Crippen MR) is 83.5 cm³/mol. The van der Waals surface area contributed by atoms with Gasteiger partial charge in [-0.2, -0.15) is 4.98 Å². The lowest BCUT2D eigenvalue weighted by Gasteiger charge is -2.04. The molecule has 0 saturated carbocycles. The molecule has 1 aliphatic rings. The standard InChI is InChI=1S/C14H17N5O3S/c1-9(15-2)7-12-17-13(22-18-12)8-16-14-10-5-3-4-6-11(10)23(20,21)19-14/h3-6,9,15H,7-8H2,1-2H3,(H,16,19). The normalized spacial score (nSPS) is 18.6. The van der Waals surface area contributed by atoms with Crippen molar-refractivity contribution in [3.8, 4) is 0 Å². The van der Waals surface area contributed by atoms with Gasteiger partial charge < -0.3 is 9.84 Å². The third-order valence-electron chi connectivity index (χ3n) is 3.53. The molecule has 2 aromatic rings. The van der Waals surface area contributed by atoms with E-state index in [0.717, 1.165) is 0 Å². The molecular weight excluding hydrogens is 318 g/mol. The van der Waals surface area contributed by atoms with Crippen LogP contribution in [0, 0.1) is 0 Å². The molecule has 122 valence electrons. The summed E-state index contributed by atoms with van der Waals surface area (Å²) in [6, 6.07) is 6.93. The molecule has 2 N–H and O–H groups in total. The highest BCUT2D eigenvalue weighted by Crippen LogP contribution is 2.22. The van der Waals surface area contributed by atoms with E-state index < -0.39 is 10.0 Å². The Hall–Kier alpha value is -2.26. The Labute approximate surface area is 134 Å². The SMILES string of the molecule is CNC(C)Cc1noc(CN=C2NS(=O)(=O)c3ccccc32)n1. The quantitative estimate of drug-likeness (QED) is 0.821. The van der Waals surface area contributed by atoms with Crippen molar-refractivity contribution in [3.63, 3.8) is 0 Å². The Morgan fingerprint density at radius 3 is 2.96 bits per heavy atom. The van der Waals surface area contributed by atoms with Gasteiger partial charge >= 0.3 is 0 Å². The van der Waals surface area contributed by atoms with Crippen LogP contribution in [0.4, 0.5) is 0 Å². The molecule has 1 atom stereocenters. The molecule has 3 rings (SSSR count). The fourth-order valence-electron chi connectivity index (χ4n) is 2.21. The number of amidine groups is 1. The van der Waals surface area contributed by atoms with E-state index >= 15 is 0 Å². The summed E-state index contributed by atoms with van der Waals surface area (Å²) in [5.74, 6) is 1.23. The first-order chi connectivity index (χ1) is 11.0. The molecule has 2 heterocycles. The van der Waals surface area contributed by atoms with Gasteiger partial charge in [-0.15, -0.1) is 0 Å². The van der Waals surface area contributed by atoms with Gasteiger partial charge in [0.2, 0.25) is 5.89 Å². The third-order valence-corrected chi connectivity index (χ3v) is 4.92. The molecule has 0 bridgehead atoms. The van der Waals surface area contributed by atoms with Crippen LogP contribution in [0.25, 0.3) is 0 Å². The first-order valence-corrected chi connectivity index (χ1v) is 8.63. The van der Waals surface area contributed by atoms with Crippen molar-refractivity contribution in [1.82, 2.24) is 20.2 Å². The molecule has 0 spiro atoms. The van der Waals surface area contributed by atoms with Crippen LogP contribution in [-0.4, -0.2) is 37.5 Å². The van der Waals surface area contributed by atoms with E-state index in [2.05, 4.69) is 25.2 Å². The molecule has 0 radical (unpaired) electrons. The number of benzene rings is 1. The van der Waals surface area contributed by atoms with E-state index in [1.807, 2.05) is 14.0 Å². The summed E-state index contributed by atoms with van der Waals surface area (Å²) >= 11 is 0. The topological polar surface area (TPSA) is 109 Å². The van der Waals surface area contributed by atoms with Crippen molar-refractivity contribution in [2.45, 2.75) is 30.8 Å². The van der Waals surface area contributed by atoms with Crippen LogP contribution < -0.4 is 10.0 Å². The first kappa shape index (κ1) is 15.6. The monoisotopic (exact) mass is 335 g/mol. The molecule has 1 unspecified atom stereocenters. The highest BCUT2D eigenvalue weighted by molar-refractivity contribution is 7.90. The zero-order valence-corrected chi connectivity index (χ0v) is 13.6. The average molecular weight is 335 g/mol. The number of nitrogens with zero attached hydrogens (tertiary/aromatic N) is 3. The van der Waals surface area contributed by atoms with Crippen LogP contribution in [-0.2, 0) is 23.0 Å². The van der Waals surface area contributed by atoms with Gasteiger partial charge in [-0.25, -0.2) is 8.42 Å². The number of hydrogen-bond donors (Lipinski definition) is 2. The Kier molecular flexibility index (Phi) is 4.14. The van der Waals surface area contributed by atoms with Gasteiger partial charge in [-0.05, 0) is 26.1 Å². The Balaban J connectivity index is 1.77. The Morgan fingerprint density at radius 1 is 1.39 bits per heavy atom. The molecule has 0 fully saturated rings. The average Bonchev–Trinajstić information content (AvgIpc) is 3.08. The molecule has 9 heteroatoms. The van der Waals surface area contributed by atoms with Crippen LogP contribution in [0.3, 0.4) is 0 Å². The molecular formula is C14H17N5O3S. The van der Waals surface area contributed by atoms with Crippen molar-refractivity contribution in [2.24, 2.45) is 4.99 Å². The minimum atomic E-state index is -3.53. The summed E-state index contributed by atoms with van der Waals surface area (Å²) in [6.45, 7) is 2.13. The van der Waals surface area contributed by atoms with Crippen LogP contribution in [0.1, 0.15) is 24.2 Å². The maximum Gasteiger partial charge on any atom is 0.263 e. The Morgan fingerprint density at radius 2 is 2.17 bits per heavy atom. The number of nitrogens with one attached hydrogen (secondary N) is 2. The molecule has 1 aromatic heterocycles. The van der Waals surface area contributed by atoms with E-state index in [-0.39, 0.29) is 17.5 Å². The maximum atomic E-state index is 12.0. The van der Waals surface area contributed by atoms with E-state index in [1.54, 1.807) is 24.3 Å². The van der Waals surface area contributed by atoms with Crippen LogP contribution >= 0.6 is 0 Å². The summed E-state index contributed by atoms with van der Waals surface area (Å²) in [5.41, 5.74) is 0.552. The lowest BCUT2D eigenvalue weighted by atomic mass is 10.2. The molecule has 0 aliphatic carbocycles. The summed E-state index contributed by atoms with van der Waals surface area (Å²) in [4.78, 5) is 8.74. The number of aliphatic imine (C=N–C) groups is 1. The van der Waals surface area contributed by atoms with E-state index in [9.17, 15) is 8.42 Å². The first-order valence-electron chi connectivity index (χ1n) is 7.15. The molecule has 0 amide bonds. The number of rotatable bonds is 5. The number of hydrogen-bond acceptors (Lipinski definition) is 7. The number of likely N-dealkylation sites (N-methyl/N-ethyl adjacent to an activating group) is 1. The lowest BCUT2D eigenvalue weighted by molar-refractivity contribution is 0.373. The number of aromatic nitrogens is 2. The zero-order chi connectivity index (χ0) is 16.4. The van der Waals surface area contributed by atoms with Crippen molar-refractivity contribution >= 4 is 15.9 Å². The van der Waals surface area contributed by atoms with E-state index in [4.69, 9.17) is 4.52 Å². The smallest absolute Gasteiger partial charge is 0.263 e. The largest absolute Gasteiger partial charge is 0.337 e. The maximum absolute atomic E-state index is 12.0. The minimum absolute atomic E-state index is 0.118. The fourth-order valence-corrected chi connectivity index (χ4v) is 3.46. The molecule has 1 aromatic carbocycles. The van der Waals surface area contributed by atoms with Crippen molar-refractivity contribution in [1.29, 1.82) is 0 Å². The Bertz CT molecular complexity index is 844. The van der Waals surface area contributed by atoms with Gasteiger partial charge in [0.15, 0.2) is 5.82 Å². The third kappa shape index (κ3) is 3.25. The van der Waals surface area contributed by atoms with Gasteiger partial charge in [0.25, 0.3) is 10.0 Å². The molecule has 1 aliphatic heterocycles. The van der Waals surface area contributed by atoms with Crippen LogP contribution in [0.2, 0.25) is 0 Å². The summed E-state index contributed by atoms with van der Waals surface area (Å²) < 4.78 is 31.5. The highest BCUT2D eigenvalue weighted by atomic mass is 32.2. The van der Waals surface area contributed by atoms with Crippen LogP contribution in [0.15, 0.2) is 38.7 Å². The van der Waals surface area contributed by atoms with Gasteiger partial charge in [0.1, 0.15) is 12.4 Å². The molecule has 23 heavy (non-hydrogen) atoms. The van der Waals surface area contributed by atoms with Gasteiger partial charge in [-0.1, -0.05) is 17.3 Å². The summed E-state index contributed by atoms with van der Waals surface area (Å²) in [7, 11) is -1.67. The lowest BCUT2D eigenvalue weighted by Crippen LogP contribution is -2.24. The number of fused-ring (bicyclic) bond motifs is 1. The van der Waals surface area contributed by atoms with Gasteiger partial charge in [0.05, 0.1) is 4.90 Å². The van der Waals surface area contributed by atoms with E-state index in [1.165, 1.54) is 0 Å². The molecule has 8 nitrogen and oxygen atoms in total. The van der Waals surface area contributed by atoms with Crippen molar-refractivity contribution in [3.05, 3.63) is 41.5 Å². The highest BCUT2D eigenvalue weighted by Gasteiger charge is 2.30. The van der Waals surface area contributed by atoms with Crippen molar-refractivity contribution < 1.29 is 12.9 Å². The second-order valence-corrected chi connectivity index (χ2v) is 6.92. The molecule has 0 saturated heterocycles. The van der Waals surface area contributed by atoms with Crippen molar-refractivity contribution in [2.75, 3.05) is 7.05 Å².